The van der Waals surface area contributed by atoms with Crippen molar-refractivity contribution in [3.8, 4) is 11.5 Å². The fourth-order valence-electron chi connectivity index (χ4n) is 3.77. The molecule has 2 aliphatic rings. The molecule has 1 aromatic carbocycles. The van der Waals surface area contributed by atoms with Gasteiger partial charge in [-0.15, -0.1) is 0 Å². The molecule has 0 saturated carbocycles. The molecule has 1 fully saturated rings. The summed E-state index contributed by atoms with van der Waals surface area (Å²) in [5.74, 6) is 0.502. The van der Waals surface area contributed by atoms with E-state index in [2.05, 4.69) is 15.5 Å². The molecule has 0 radical (unpaired) electrons. The molecule has 3 rings (SSSR count). The molecule has 0 bridgehead atoms. The monoisotopic (exact) mass is 427 g/mol. The van der Waals surface area contributed by atoms with Crippen LogP contribution in [0.2, 0.25) is 5.02 Å². The molecule has 2 heterocycles. The standard InChI is InChI=1S/C20H30ClN3O5/c1-22-15-10-14(18-19(17(15)21)29-9-8-28-18)20(26)23-11-13-4-6-24(12-16(13)25)5-3-7-27-2/h10,13,16,22,25H,3-9,11-12H2,1-2H3,(H,23,26)/t13-,16?/m0/s1. The first-order chi connectivity index (χ1) is 14.0. The molecular weight excluding hydrogens is 398 g/mol. The number of nitrogens with one attached hydrogen (secondary N) is 2. The van der Waals surface area contributed by atoms with E-state index in [-0.39, 0.29) is 11.8 Å². The number of fused-ring (bicyclic) bond motifs is 1. The fraction of sp³-hybridized carbons (Fsp3) is 0.650. The number of aliphatic hydroxyl groups excluding tert-OH is 1. The molecule has 29 heavy (non-hydrogen) atoms. The van der Waals surface area contributed by atoms with Crippen molar-refractivity contribution < 1.29 is 24.1 Å². The lowest BCUT2D eigenvalue weighted by Crippen LogP contribution is -2.48. The lowest BCUT2D eigenvalue weighted by molar-refractivity contribution is 0.0192. The average Bonchev–Trinajstić information content (AvgIpc) is 2.73. The molecule has 1 saturated heterocycles. The van der Waals surface area contributed by atoms with Crippen LogP contribution in [-0.2, 0) is 4.74 Å². The van der Waals surface area contributed by atoms with Gasteiger partial charge in [-0.2, -0.15) is 0 Å². The van der Waals surface area contributed by atoms with Gasteiger partial charge >= 0.3 is 0 Å². The first-order valence-corrected chi connectivity index (χ1v) is 10.4. The molecular formula is C20H30ClN3O5. The van der Waals surface area contributed by atoms with E-state index in [1.807, 2.05) is 0 Å². The van der Waals surface area contributed by atoms with Gasteiger partial charge in [-0.05, 0) is 25.5 Å². The normalized spacial score (nSPS) is 21.7. The van der Waals surface area contributed by atoms with Gasteiger partial charge in [0.2, 0.25) is 0 Å². The van der Waals surface area contributed by atoms with Crippen LogP contribution in [0.15, 0.2) is 6.07 Å². The molecule has 0 aromatic heterocycles. The van der Waals surface area contributed by atoms with Gasteiger partial charge in [0.05, 0.1) is 17.4 Å². The van der Waals surface area contributed by atoms with E-state index in [1.54, 1.807) is 20.2 Å². The van der Waals surface area contributed by atoms with E-state index in [0.717, 1.165) is 32.5 Å². The number of amides is 1. The average molecular weight is 428 g/mol. The number of piperidine rings is 1. The Labute approximate surface area is 176 Å². The highest BCUT2D eigenvalue weighted by atomic mass is 35.5. The third-order valence-corrected chi connectivity index (χ3v) is 5.79. The molecule has 1 aromatic rings. The van der Waals surface area contributed by atoms with E-state index in [4.69, 9.17) is 25.8 Å². The minimum absolute atomic E-state index is 0.0155. The molecule has 8 nitrogen and oxygen atoms in total. The van der Waals surface area contributed by atoms with Crippen LogP contribution in [-0.4, -0.2) is 82.2 Å². The molecule has 162 valence electrons. The Hall–Kier alpha value is -1.74. The number of carbonyl (C=O) groups excluding carboxylic acids is 1. The van der Waals surface area contributed by atoms with E-state index < -0.39 is 6.10 Å². The number of β-amino-alcohol motifs (C(OH)–C–C–N with tert-alkyl or cyclic N) is 1. The molecule has 0 aliphatic carbocycles. The van der Waals surface area contributed by atoms with Crippen LogP contribution in [0.3, 0.4) is 0 Å². The number of anilines is 1. The predicted octanol–water partition coefficient (Wildman–Crippen LogP) is 1.60. The van der Waals surface area contributed by atoms with Crippen molar-refractivity contribution in [2.75, 3.05) is 65.5 Å². The zero-order valence-electron chi connectivity index (χ0n) is 17.0. The summed E-state index contributed by atoms with van der Waals surface area (Å²) in [6.45, 7) is 4.29. The SMILES string of the molecule is CNc1cc(C(=O)NC[C@@H]2CCN(CCCOC)CC2O)c2c(c1Cl)OCCO2. The van der Waals surface area contributed by atoms with E-state index in [1.165, 1.54) is 0 Å². The Balaban J connectivity index is 1.60. The number of halogens is 1. The summed E-state index contributed by atoms with van der Waals surface area (Å²) < 4.78 is 16.4. The van der Waals surface area contributed by atoms with E-state index in [0.29, 0.717) is 54.1 Å². The topological polar surface area (TPSA) is 92.3 Å². The van der Waals surface area contributed by atoms with E-state index in [9.17, 15) is 9.90 Å². The van der Waals surface area contributed by atoms with Crippen molar-refractivity contribution in [1.29, 1.82) is 0 Å². The Morgan fingerprint density at radius 1 is 1.38 bits per heavy atom. The molecule has 3 N–H and O–H groups in total. The van der Waals surface area contributed by atoms with Crippen LogP contribution in [0.5, 0.6) is 11.5 Å². The number of aliphatic hydroxyl groups is 1. The Morgan fingerprint density at radius 3 is 2.83 bits per heavy atom. The van der Waals surface area contributed by atoms with Crippen molar-refractivity contribution in [2.24, 2.45) is 5.92 Å². The number of ether oxygens (including phenoxy) is 3. The van der Waals surface area contributed by atoms with Crippen LogP contribution < -0.4 is 20.1 Å². The Morgan fingerprint density at radius 2 is 2.14 bits per heavy atom. The van der Waals surface area contributed by atoms with Gasteiger partial charge in [0.1, 0.15) is 18.2 Å². The van der Waals surface area contributed by atoms with Gasteiger partial charge in [0.15, 0.2) is 11.5 Å². The maximum absolute atomic E-state index is 12.9. The summed E-state index contributed by atoms with van der Waals surface area (Å²) in [4.78, 5) is 15.1. The van der Waals surface area contributed by atoms with Crippen LogP contribution in [0, 0.1) is 5.92 Å². The quantitative estimate of drug-likeness (QED) is 0.543. The maximum Gasteiger partial charge on any atom is 0.255 e. The van der Waals surface area contributed by atoms with Crippen molar-refractivity contribution in [2.45, 2.75) is 18.9 Å². The van der Waals surface area contributed by atoms with Gasteiger partial charge in [-0.3, -0.25) is 4.79 Å². The largest absolute Gasteiger partial charge is 0.485 e. The maximum atomic E-state index is 12.9. The molecule has 1 amide bonds. The third-order valence-electron chi connectivity index (χ3n) is 5.42. The number of hydrogen-bond donors (Lipinski definition) is 3. The minimum Gasteiger partial charge on any atom is -0.485 e. The number of methoxy groups -OCH3 is 1. The number of rotatable bonds is 8. The zero-order chi connectivity index (χ0) is 20.8. The number of nitrogens with zero attached hydrogens (tertiary/aromatic N) is 1. The fourth-order valence-corrected chi connectivity index (χ4v) is 4.06. The zero-order valence-corrected chi connectivity index (χ0v) is 17.8. The number of benzene rings is 1. The van der Waals surface area contributed by atoms with Gasteiger partial charge in [-0.25, -0.2) is 0 Å². The molecule has 0 spiro atoms. The summed E-state index contributed by atoms with van der Waals surface area (Å²) in [6.07, 6.45) is 1.30. The summed E-state index contributed by atoms with van der Waals surface area (Å²) in [5, 5.41) is 16.8. The van der Waals surface area contributed by atoms with Gasteiger partial charge < -0.3 is 34.9 Å². The smallest absolute Gasteiger partial charge is 0.255 e. The molecule has 2 atom stereocenters. The van der Waals surface area contributed by atoms with Crippen LogP contribution in [0.25, 0.3) is 0 Å². The van der Waals surface area contributed by atoms with Crippen molar-refractivity contribution in [3.05, 3.63) is 16.7 Å². The highest BCUT2D eigenvalue weighted by molar-refractivity contribution is 6.35. The number of likely N-dealkylation sites (tertiary alicyclic amines) is 1. The summed E-state index contributed by atoms with van der Waals surface area (Å²) >= 11 is 6.34. The number of hydrogen-bond acceptors (Lipinski definition) is 7. The van der Waals surface area contributed by atoms with Crippen LogP contribution in [0.4, 0.5) is 5.69 Å². The van der Waals surface area contributed by atoms with Crippen LogP contribution in [0.1, 0.15) is 23.2 Å². The second kappa shape index (κ2) is 10.3. The van der Waals surface area contributed by atoms with Gasteiger partial charge in [0, 0.05) is 46.3 Å². The summed E-state index contributed by atoms with van der Waals surface area (Å²) in [7, 11) is 3.42. The molecule has 9 heteroatoms. The summed E-state index contributed by atoms with van der Waals surface area (Å²) in [5.41, 5.74) is 0.977. The first kappa shape index (κ1) is 22.0. The van der Waals surface area contributed by atoms with Gasteiger partial charge in [-0.1, -0.05) is 11.6 Å². The Kier molecular flexibility index (Phi) is 7.83. The number of carbonyl (C=O) groups is 1. The van der Waals surface area contributed by atoms with E-state index >= 15 is 0 Å². The van der Waals surface area contributed by atoms with Crippen molar-refractivity contribution in [3.63, 3.8) is 0 Å². The second-order valence-electron chi connectivity index (χ2n) is 7.36. The van der Waals surface area contributed by atoms with Crippen LogP contribution >= 0.6 is 11.6 Å². The molecule has 1 unspecified atom stereocenters. The Bertz CT molecular complexity index is 718. The predicted molar refractivity (Wildman–Crippen MR) is 111 cm³/mol. The van der Waals surface area contributed by atoms with Crippen molar-refractivity contribution >= 4 is 23.2 Å². The highest BCUT2D eigenvalue weighted by Gasteiger charge is 2.30. The van der Waals surface area contributed by atoms with Crippen molar-refractivity contribution in [1.82, 2.24) is 10.2 Å². The minimum atomic E-state index is -0.474. The van der Waals surface area contributed by atoms with Gasteiger partial charge in [0.25, 0.3) is 5.91 Å². The second-order valence-corrected chi connectivity index (χ2v) is 7.74. The lowest BCUT2D eigenvalue weighted by atomic mass is 9.93. The summed E-state index contributed by atoms with van der Waals surface area (Å²) in [6, 6.07) is 1.67. The first-order valence-electron chi connectivity index (χ1n) is 10.0. The highest BCUT2D eigenvalue weighted by Crippen LogP contribution is 2.44. The third kappa shape index (κ3) is 5.25. The lowest BCUT2D eigenvalue weighted by Gasteiger charge is -2.36. The molecule has 2 aliphatic heterocycles.